The number of rotatable bonds is 6. The highest BCUT2D eigenvalue weighted by atomic mass is 32.2. The first-order valence-electron chi connectivity index (χ1n) is 17.3. The second-order valence-corrected chi connectivity index (χ2v) is 15.7. The Labute approximate surface area is 287 Å². The Bertz CT molecular complexity index is 2000. The largest absolute Gasteiger partial charge is 0.475 e. The van der Waals surface area contributed by atoms with E-state index in [9.17, 15) is 13.2 Å². The number of aromatic nitrogens is 4. The molecule has 4 heterocycles. The smallest absolute Gasteiger partial charge is 0.264 e. The van der Waals surface area contributed by atoms with Crippen molar-refractivity contribution in [1.82, 2.24) is 24.8 Å². The van der Waals surface area contributed by atoms with Gasteiger partial charge in [0.1, 0.15) is 12.4 Å². The highest BCUT2D eigenvalue weighted by Gasteiger charge is 2.39. The van der Waals surface area contributed by atoms with Crippen LogP contribution in [0.25, 0.3) is 11.3 Å². The number of carbonyl (C=O) groups is 1. The third kappa shape index (κ3) is 6.46. The molecule has 2 aliphatic carbocycles. The number of fused-ring (bicyclic) bond motifs is 5. The van der Waals surface area contributed by atoms with Crippen molar-refractivity contribution in [2.45, 2.75) is 82.3 Å². The van der Waals surface area contributed by atoms with Gasteiger partial charge in [0, 0.05) is 29.8 Å². The van der Waals surface area contributed by atoms with Crippen LogP contribution in [0, 0.1) is 25.7 Å². The summed E-state index contributed by atoms with van der Waals surface area (Å²) in [5.74, 6) is 1.89. The van der Waals surface area contributed by atoms with Crippen LogP contribution in [0.15, 0.2) is 65.8 Å². The standard InChI is InChI=1S/C37H41N7O4S/c1-23-6-3-7-24(2)35(23)31-18-34-41-37(40-31)42-49(46,47)30-10-4-8-27(17-30)36(45)44(29(22-48-34)16-25-11-12-25)21-28-19-38-20-33(39-28)43-15-5-9-26-13-14-32(26)43/h3-4,6-8,10,17-20,25-26,29,32H,5,9,11-16,21-22H2,1-2H3,(H,40,41,42)/t26-,29-,32+/m1/s1. The number of nitrogens with one attached hydrogen (secondary N) is 1. The van der Waals surface area contributed by atoms with Gasteiger partial charge in [0.15, 0.2) is 0 Å². The van der Waals surface area contributed by atoms with Gasteiger partial charge < -0.3 is 14.5 Å². The van der Waals surface area contributed by atoms with E-state index in [1.807, 2.05) is 38.2 Å². The molecule has 11 nitrogen and oxygen atoms in total. The van der Waals surface area contributed by atoms with E-state index in [1.54, 1.807) is 29.3 Å². The average molecular weight is 680 g/mol. The Hall–Kier alpha value is -4.58. The Morgan fingerprint density at radius 2 is 1.76 bits per heavy atom. The average Bonchev–Trinajstić information content (AvgIpc) is 3.89. The van der Waals surface area contributed by atoms with Crippen LogP contribution in [-0.2, 0) is 16.6 Å². The minimum absolute atomic E-state index is 0.0539. The van der Waals surface area contributed by atoms with Crippen molar-refractivity contribution in [2.75, 3.05) is 22.8 Å². The van der Waals surface area contributed by atoms with Gasteiger partial charge in [-0.3, -0.25) is 9.78 Å². The predicted octanol–water partition coefficient (Wildman–Crippen LogP) is 5.93. The van der Waals surface area contributed by atoms with Crippen molar-refractivity contribution >= 4 is 27.7 Å². The molecule has 0 unspecified atom stereocenters. The number of benzene rings is 2. The summed E-state index contributed by atoms with van der Waals surface area (Å²) < 4.78 is 36.4. The van der Waals surface area contributed by atoms with Gasteiger partial charge in [-0.1, -0.05) is 37.1 Å². The highest BCUT2D eigenvalue weighted by molar-refractivity contribution is 7.92. The van der Waals surface area contributed by atoms with Gasteiger partial charge in [0.05, 0.1) is 41.3 Å². The Kier molecular flexibility index (Phi) is 8.21. The molecule has 1 N–H and O–H groups in total. The van der Waals surface area contributed by atoms with Gasteiger partial charge in [-0.25, -0.2) is 23.1 Å². The number of hydrogen-bond donors (Lipinski definition) is 1. The zero-order chi connectivity index (χ0) is 33.7. The van der Waals surface area contributed by atoms with Crippen LogP contribution in [0.2, 0.25) is 0 Å². The number of sulfonamides is 1. The molecule has 3 atom stereocenters. The Morgan fingerprint density at radius 3 is 2.53 bits per heavy atom. The second kappa shape index (κ2) is 12.7. The molecule has 2 saturated carbocycles. The van der Waals surface area contributed by atoms with Crippen LogP contribution >= 0.6 is 0 Å². The fraction of sp³-hybridized carbons (Fsp3) is 0.432. The Morgan fingerprint density at radius 1 is 0.939 bits per heavy atom. The van der Waals surface area contributed by atoms with Crippen molar-refractivity contribution in [3.05, 3.63) is 83.3 Å². The van der Waals surface area contributed by atoms with Gasteiger partial charge in [-0.05, 0) is 87.1 Å². The second-order valence-electron chi connectivity index (χ2n) is 14.0. The highest BCUT2D eigenvalue weighted by Crippen LogP contribution is 2.41. The molecule has 49 heavy (non-hydrogen) atoms. The molecule has 2 aromatic heterocycles. The van der Waals surface area contributed by atoms with E-state index in [4.69, 9.17) is 9.72 Å². The number of nitrogens with zero attached hydrogens (tertiary/aromatic N) is 6. The number of carbonyl (C=O) groups excluding carboxylic acids is 1. The number of anilines is 2. The number of aryl methyl sites for hydroxylation is 2. The Balaban J connectivity index is 1.19. The van der Waals surface area contributed by atoms with Crippen molar-refractivity contribution in [2.24, 2.45) is 11.8 Å². The van der Waals surface area contributed by atoms with Crippen molar-refractivity contribution in [1.29, 1.82) is 0 Å². The first-order valence-corrected chi connectivity index (χ1v) is 18.8. The summed E-state index contributed by atoms with van der Waals surface area (Å²) in [6.45, 7) is 5.32. The summed E-state index contributed by atoms with van der Waals surface area (Å²) in [6.07, 6.45) is 11.3. The number of hydrogen-bond acceptors (Lipinski definition) is 9. The van der Waals surface area contributed by atoms with E-state index in [-0.39, 0.29) is 47.4 Å². The van der Waals surface area contributed by atoms with Gasteiger partial charge >= 0.3 is 0 Å². The van der Waals surface area contributed by atoms with E-state index < -0.39 is 10.0 Å². The van der Waals surface area contributed by atoms with Crippen molar-refractivity contribution in [3.63, 3.8) is 0 Å². The third-order valence-corrected chi connectivity index (χ3v) is 11.9. The van der Waals surface area contributed by atoms with Crippen molar-refractivity contribution < 1.29 is 17.9 Å². The monoisotopic (exact) mass is 679 g/mol. The lowest BCUT2D eigenvalue weighted by Crippen LogP contribution is -2.51. The molecular formula is C37H41N7O4S. The lowest BCUT2D eigenvalue weighted by Gasteiger charge is -2.49. The predicted molar refractivity (Wildman–Crippen MR) is 186 cm³/mol. The molecule has 2 aromatic carbocycles. The number of ether oxygens (including phenoxy) is 1. The molecule has 2 aliphatic heterocycles. The minimum atomic E-state index is -4.15. The van der Waals surface area contributed by atoms with E-state index in [0.29, 0.717) is 23.3 Å². The lowest BCUT2D eigenvalue weighted by atomic mass is 9.73. The zero-order valence-electron chi connectivity index (χ0n) is 27.9. The molecule has 3 fully saturated rings. The molecule has 4 bridgehead atoms. The summed E-state index contributed by atoms with van der Waals surface area (Å²) >= 11 is 0. The molecule has 1 amide bonds. The van der Waals surface area contributed by atoms with Gasteiger partial charge in [0.2, 0.25) is 11.8 Å². The fourth-order valence-corrected chi connectivity index (χ4v) is 8.65. The molecule has 12 heteroatoms. The van der Waals surface area contributed by atoms with E-state index in [2.05, 4.69) is 24.6 Å². The summed E-state index contributed by atoms with van der Waals surface area (Å²) in [7, 11) is -4.15. The van der Waals surface area contributed by atoms with Crippen LogP contribution in [0.3, 0.4) is 0 Å². The maximum Gasteiger partial charge on any atom is 0.264 e. The normalized spacial score (nSPS) is 23.1. The summed E-state index contributed by atoms with van der Waals surface area (Å²) in [5.41, 5.74) is 4.37. The van der Waals surface area contributed by atoms with Crippen LogP contribution < -0.4 is 14.4 Å². The molecule has 254 valence electrons. The quantitative estimate of drug-likeness (QED) is 0.263. The molecule has 0 radical (unpaired) electrons. The molecule has 4 aliphatic rings. The number of amides is 1. The van der Waals surface area contributed by atoms with Crippen LogP contribution in [0.1, 0.15) is 72.1 Å². The lowest BCUT2D eigenvalue weighted by molar-refractivity contribution is 0.0560. The minimum Gasteiger partial charge on any atom is -0.475 e. The summed E-state index contributed by atoms with van der Waals surface area (Å²) in [4.78, 5) is 37.4. The first-order chi connectivity index (χ1) is 23.7. The molecule has 0 spiro atoms. The third-order valence-electron chi connectivity index (χ3n) is 10.5. The van der Waals surface area contributed by atoms with Gasteiger partial charge in [-0.15, -0.1) is 0 Å². The molecule has 1 saturated heterocycles. The molecule has 8 rings (SSSR count). The zero-order valence-corrected chi connectivity index (χ0v) is 28.7. The summed E-state index contributed by atoms with van der Waals surface area (Å²) in [5, 5.41) is 0. The van der Waals surface area contributed by atoms with E-state index in [1.165, 1.54) is 31.4 Å². The van der Waals surface area contributed by atoms with Crippen LogP contribution in [-0.4, -0.2) is 64.4 Å². The van der Waals surface area contributed by atoms with Gasteiger partial charge in [-0.2, -0.15) is 4.98 Å². The van der Waals surface area contributed by atoms with Crippen molar-refractivity contribution in [3.8, 4) is 17.1 Å². The van der Waals surface area contributed by atoms with Crippen LogP contribution in [0.4, 0.5) is 11.8 Å². The topological polar surface area (TPSA) is 131 Å². The molecule has 4 aromatic rings. The maximum absolute atomic E-state index is 14.5. The maximum atomic E-state index is 14.5. The summed E-state index contributed by atoms with van der Waals surface area (Å²) in [6, 6.07) is 14.0. The van der Waals surface area contributed by atoms with E-state index in [0.717, 1.165) is 60.7 Å². The number of piperidine rings is 1. The molecular weight excluding hydrogens is 639 g/mol. The van der Waals surface area contributed by atoms with Crippen LogP contribution in [0.5, 0.6) is 5.88 Å². The first kappa shape index (κ1) is 31.7. The SMILES string of the molecule is Cc1cccc(C)c1-c1cc2nc(n1)NS(=O)(=O)c1cccc(c1)C(=O)N(Cc1cncc(N3CCC[C@@H]4CC[C@@H]43)n1)[C@H](CC1CC1)CO2. The fourth-order valence-electron chi connectivity index (χ4n) is 7.66. The van der Waals surface area contributed by atoms with Gasteiger partial charge in [0.25, 0.3) is 15.9 Å². The van der Waals surface area contributed by atoms with E-state index >= 15 is 0 Å².